The third-order valence-corrected chi connectivity index (χ3v) is 2.41. The van der Waals surface area contributed by atoms with Gasteiger partial charge in [0.15, 0.2) is 0 Å². The first-order valence-electron chi connectivity index (χ1n) is 4.89. The zero-order valence-corrected chi connectivity index (χ0v) is 8.10. The maximum absolute atomic E-state index is 5.81. The molecule has 0 bridgehead atoms. The number of hydrogen-bond donors (Lipinski definition) is 0. The Labute approximate surface area is 88.6 Å². The zero-order chi connectivity index (χ0) is 10.1. The van der Waals surface area contributed by atoms with Crippen molar-refractivity contribution in [1.82, 2.24) is 0 Å². The highest BCUT2D eigenvalue weighted by molar-refractivity contribution is 5.62. The minimum atomic E-state index is 0.860. The topological polar surface area (TPSA) is 9.23 Å². The lowest BCUT2D eigenvalue weighted by Gasteiger charge is -2.07. The molecule has 1 radical (unpaired) electrons. The van der Waals surface area contributed by atoms with Crippen LogP contribution in [0, 0.1) is 6.08 Å². The highest BCUT2D eigenvalue weighted by Gasteiger charge is 2.08. The van der Waals surface area contributed by atoms with Gasteiger partial charge in [0, 0.05) is 11.1 Å². The lowest BCUT2D eigenvalue weighted by atomic mass is 10.1. The predicted octanol–water partition coefficient (Wildman–Crippen LogP) is 3.66. The molecule has 0 saturated carbocycles. The van der Waals surface area contributed by atoms with Crippen molar-refractivity contribution in [2.45, 2.75) is 0 Å². The fourth-order valence-electron chi connectivity index (χ4n) is 1.64. The molecule has 2 aromatic rings. The van der Waals surface area contributed by atoms with Crippen molar-refractivity contribution >= 4 is 6.08 Å². The lowest BCUT2D eigenvalue weighted by molar-refractivity contribution is 0.481. The molecule has 0 fully saturated rings. The molecular weight excluding hydrogens is 184 g/mol. The minimum Gasteiger partial charge on any atom is -0.456 e. The minimum absolute atomic E-state index is 0.860. The molecule has 0 aliphatic carbocycles. The monoisotopic (exact) mass is 193 g/mol. The number of fused-ring (bicyclic) bond motifs is 2. The van der Waals surface area contributed by atoms with E-state index in [0.717, 1.165) is 22.6 Å². The molecule has 0 unspecified atom stereocenters. The molecule has 1 aliphatic heterocycles. The van der Waals surface area contributed by atoms with Gasteiger partial charge in [-0.15, -0.1) is 0 Å². The molecule has 0 saturated heterocycles. The van der Waals surface area contributed by atoms with Crippen molar-refractivity contribution in [3.05, 3.63) is 65.7 Å². The Balaban J connectivity index is 2.19. The van der Waals surface area contributed by atoms with Crippen LogP contribution < -0.4 is 4.74 Å². The van der Waals surface area contributed by atoms with Crippen molar-refractivity contribution in [2.75, 3.05) is 0 Å². The van der Waals surface area contributed by atoms with Gasteiger partial charge < -0.3 is 4.74 Å². The van der Waals surface area contributed by atoms with E-state index < -0.39 is 0 Å². The molecule has 1 heterocycles. The fourth-order valence-corrected chi connectivity index (χ4v) is 1.64. The first-order chi connectivity index (χ1) is 7.43. The van der Waals surface area contributed by atoms with Crippen LogP contribution >= 0.6 is 0 Å². The first-order valence-corrected chi connectivity index (χ1v) is 4.89. The summed E-state index contributed by atoms with van der Waals surface area (Å²) in [6, 6.07) is 15.9. The van der Waals surface area contributed by atoms with Gasteiger partial charge >= 0.3 is 0 Å². The van der Waals surface area contributed by atoms with Gasteiger partial charge in [0.05, 0.1) is 0 Å². The van der Waals surface area contributed by atoms with E-state index in [9.17, 15) is 0 Å². The van der Waals surface area contributed by atoms with E-state index in [1.807, 2.05) is 54.6 Å². The van der Waals surface area contributed by atoms with Crippen LogP contribution in [0.3, 0.4) is 0 Å². The van der Waals surface area contributed by atoms with Crippen molar-refractivity contribution in [1.29, 1.82) is 0 Å². The molecule has 15 heavy (non-hydrogen) atoms. The molecule has 3 rings (SSSR count). The smallest absolute Gasteiger partial charge is 0.135 e. The Bertz CT molecular complexity index is 479. The van der Waals surface area contributed by atoms with E-state index in [4.69, 9.17) is 4.74 Å². The summed E-state index contributed by atoms with van der Waals surface area (Å²) in [7, 11) is 0. The molecule has 1 heteroatoms. The first kappa shape index (κ1) is 8.30. The number of hydrogen-bond acceptors (Lipinski definition) is 1. The molecule has 2 aromatic carbocycles. The van der Waals surface area contributed by atoms with Crippen LogP contribution in [0.1, 0.15) is 11.1 Å². The Morgan fingerprint density at radius 1 is 0.800 bits per heavy atom. The number of rotatable bonds is 0. The van der Waals surface area contributed by atoms with Crippen LogP contribution in [0.15, 0.2) is 48.5 Å². The second-order valence-corrected chi connectivity index (χ2v) is 3.42. The van der Waals surface area contributed by atoms with E-state index in [-0.39, 0.29) is 0 Å². The highest BCUT2D eigenvalue weighted by Crippen LogP contribution is 2.32. The van der Waals surface area contributed by atoms with Crippen molar-refractivity contribution in [3.8, 4) is 11.5 Å². The maximum atomic E-state index is 5.81. The van der Waals surface area contributed by atoms with Crippen LogP contribution in [0.25, 0.3) is 6.08 Å². The normalized spacial score (nSPS) is 12.3. The predicted molar refractivity (Wildman–Crippen MR) is 59.8 cm³/mol. The lowest BCUT2D eigenvalue weighted by Crippen LogP contribution is -1.86. The summed E-state index contributed by atoms with van der Waals surface area (Å²) >= 11 is 0. The largest absolute Gasteiger partial charge is 0.456 e. The Hall–Kier alpha value is -2.02. The zero-order valence-electron chi connectivity index (χ0n) is 8.10. The van der Waals surface area contributed by atoms with Gasteiger partial charge in [0.25, 0.3) is 0 Å². The van der Waals surface area contributed by atoms with Gasteiger partial charge in [-0.25, -0.2) is 0 Å². The van der Waals surface area contributed by atoms with E-state index in [2.05, 4.69) is 6.08 Å². The number of para-hydroxylation sites is 2. The molecule has 0 aromatic heterocycles. The van der Waals surface area contributed by atoms with Crippen LogP contribution in [-0.2, 0) is 0 Å². The highest BCUT2D eigenvalue weighted by atomic mass is 16.5. The number of benzene rings is 2. The van der Waals surface area contributed by atoms with Crippen LogP contribution in [0.2, 0.25) is 0 Å². The Kier molecular flexibility index (Phi) is 1.82. The van der Waals surface area contributed by atoms with Gasteiger partial charge in [-0.05, 0) is 24.3 Å². The van der Waals surface area contributed by atoms with Crippen molar-refractivity contribution < 1.29 is 4.74 Å². The Morgan fingerprint density at radius 2 is 1.53 bits per heavy atom. The summed E-state index contributed by atoms with van der Waals surface area (Å²) < 4.78 is 5.81. The summed E-state index contributed by atoms with van der Waals surface area (Å²) in [5.74, 6) is 1.74. The van der Waals surface area contributed by atoms with Crippen molar-refractivity contribution in [3.63, 3.8) is 0 Å². The molecule has 0 atom stereocenters. The van der Waals surface area contributed by atoms with E-state index >= 15 is 0 Å². The van der Waals surface area contributed by atoms with Crippen LogP contribution in [-0.4, -0.2) is 0 Å². The second kappa shape index (κ2) is 3.28. The van der Waals surface area contributed by atoms with Crippen LogP contribution in [0.5, 0.6) is 11.5 Å². The van der Waals surface area contributed by atoms with Crippen LogP contribution in [0.4, 0.5) is 0 Å². The van der Waals surface area contributed by atoms with E-state index in [1.54, 1.807) is 0 Å². The summed E-state index contributed by atoms with van der Waals surface area (Å²) in [5.41, 5.74) is 2.06. The average molecular weight is 193 g/mol. The fraction of sp³-hybridized carbons (Fsp3) is 0. The molecule has 71 valence electrons. The molecule has 0 N–H and O–H groups in total. The quantitative estimate of drug-likeness (QED) is 0.529. The summed E-state index contributed by atoms with van der Waals surface area (Å²) in [6.07, 6.45) is 5.19. The molecule has 1 aliphatic rings. The second-order valence-electron chi connectivity index (χ2n) is 3.42. The van der Waals surface area contributed by atoms with Gasteiger partial charge in [0.1, 0.15) is 11.5 Å². The average Bonchev–Trinajstić information content (AvgIpc) is 2.48. The summed E-state index contributed by atoms with van der Waals surface area (Å²) in [6.45, 7) is 0. The third kappa shape index (κ3) is 1.42. The molecule has 0 amide bonds. The molecule has 1 nitrogen and oxygen atoms in total. The summed E-state index contributed by atoms with van der Waals surface area (Å²) in [5, 5.41) is 0. The third-order valence-electron chi connectivity index (χ3n) is 2.41. The van der Waals surface area contributed by atoms with Gasteiger partial charge in [-0.3, -0.25) is 0 Å². The maximum Gasteiger partial charge on any atom is 0.135 e. The van der Waals surface area contributed by atoms with E-state index in [1.165, 1.54) is 0 Å². The standard InChI is InChI=1S/C14H9O/c1-3-7-13-11(5-1)9-10-12-6-2-4-8-14(12)15-13/h1-9H. The van der Waals surface area contributed by atoms with Gasteiger partial charge in [0.2, 0.25) is 0 Å². The number of ether oxygens (including phenoxy) is 1. The Morgan fingerprint density at radius 3 is 2.47 bits per heavy atom. The van der Waals surface area contributed by atoms with Crippen molar-refractivity contribution in [2.24, 2.45) is 0 Å². The van der Waals surface area contributed by atoms with Gasteiger partial charge in [-0.1, -0.05) is 36.4 Å². The molecule has 0 spiro atoms. The van der Waals surface area contributed by atoms with Gasteiger partial charge in [-0.2, -0.15) is 0 Å². The summed E-state index contributed by atoms with van der Waals surface area (Å²) in [4.78, 5) is 0. The molecular formula is C14H9O. The van der Waals surface area contributed by atoms with E-state index in [0.29, 0.717) is 0 Å². The SMILES string of the molecule is [C]1=Cc2ccccc2Oc2ccccc21.